The van der Waals surface area contributed by atoms with Crippen LogP contribution in [0.15, 0.2) is 24.3 Å². The molecule has 0 saturated carbocycles. The van der Waals surface area contributed by atoms with Crippen molar-refractivity contribution in [2.45, 2.75) is 23.1 Å². The molecule has 2 fully saturated rings. The number of carbonyl (C=O) groups is 2. The summed E-state index contributed by atoms with van der Waals surface area (Å²) >= 11 is 1.16. The first-order valence-corrected chi connectivity index (χ1v) is 8.11. The van der Waals surface area contributed by atoms with E-state index in [1.807, 2.05) is 0 Å². The Morgan fingerprint density at radius 2 is 2.26 bits per heavy atom. The van der Waals surface area contributed by atoms with Crippen LogP contribution < -0.4 is 10.5 Å². The Bertz CT molecular complexity index is 653. The molecule has 2 aliphatic rings. The van der Waals surface area contributed by atoms with Gasteiger partial charge in [-0.3, -0.25) is 9.59 Å². The molecule has 0 aliphatic carbocycles. The van der Waals surface area contributed by atoms with E-state index < -0.39 is 22.7 Å². The summed E-state index contributed by atoms with van der Waals surface area (Å²) in [7, 11) is 0. The highest BCUT2D eigenvalue weighted by atomic mass is 32.2. The third-order valence-corrected chi connectivity index (χ3v) is 5.91. The number of nitrogen functional groups attached to an aromatic ring is 1. The molecule has 1 aromatic rings. The van der Waals surface area contributed by atoms with Gasteiger partial charge in [0.1, 0.15) is 12.4 Å². The Morgan fingerprint density at radius 3 is 2.87 bits per heavy atom. The Kier molecular flexibility index (Phi) is 3.89. The molecule has 8 heteroatoms. The first-order valence-electron chi connectivity index (χ1n) is 7.23. The molecule has 0 radical (unpaired) electrons. The predicted molar refractivity (Wildman–Crippen MR) is 85.0 cm³/mol. The van der Waals surface area contributed by atoms with Gasteiger partial charge < -0.3 is 25.6 Å². The lowest BCUT2D eigenvalue weighted by Gasteiger charge is -2.42. The third kappa shape index (κ3) is 2.51. The van der Waals surface area contributed by atoms with Gasteiger partial charge >= 0.3 is 5.97 Å². The Hall–Kier alpha value is -1.93. The first-order chi connectivity index (χ1) is 10.9. The molecule has 0 bridgehead atoms. The second-order valence-corrected chi connectivity index (χ2v) is 7.37. The van der Waals surface area contributed by atoms with E-state index in [0.717, 1.165) is 11.8 Å². The number of thioether (sulfide) groups is 1. The summed E-state index contributed by atoms with van der Waals surface area (Å²) in [6.45, 7) is 1.50. The number of fused-ring (bicyclic) bond motifs is 1. The molecule has 1 unspecified atom stereocenters. The number of β-lactam (4-membered cyclic amide) rings is 1. The van der Waals surface area contributed by atoms with Crippen molar-refractivity contribution in [3.8, 4) is 5.75 Å². The van der Waals surface area contributed by atoms with Crippen LogP contribution in [0.5, 0.6) is 5.75 Å². The number of anilines is 1. The second kappa shape index (κ2) is 5.61. The molecule has 0 aromatic heterocycles. The molecule has 3 rings (SSSR count). The van der Waals surface area contributed by atoms with Gasteiger partial charge in [-0.25, -0.2) is 0 Å². The lowest BCUT2D eigenvalue weighted by Crippen LogP contribution is -2.60. The molecule has 23 heavy (non-hydrogen) atoms. The van der Waals surface area contributed by atoms with Crippen molar-refractivity contribution in [3.63, 3.8) is 0 Å². The van der Waals surface area contributed by atoms with Crippen molar-refractivity contribution in [1.29, 1.82) is 0 Å². The summed E-state index contributed by atoms with van der Waals surface area (Å²) in [5.41, 5.74) is 6.23. The number of rotatable bonds is 5. The molecule has 1 amide bonds. The molecular weight excluding hydrogens is 320 g/mol. The van der Waals surface area contributed by atoms with Crippen molar-refractivity contribution in [3.05, 3.63) is 24.3 Å². The number of carbonyl (C=O) groups excluding carboxylic acids is 1. The van der Waals surface area contributed by atoms with Crippen molar-refractivity contribution < 1.29 is 24.5 Å². The largest absolute Gasteiger partial charge is 0.489 e. The van der Waals surface area contributed by atoms with Gasteiger partial charge in [-0.05, 0) is 19.1 Å². The fourth-order valence-electron chi connectivity index (χ4n) is 2.91. The topological polar surface area (TPSA) is 113 Å². The maximum atomic E-state index is 12.0. The SMILES string of the molecule is C[C@@H](O)[C@H]1C(=O)N2CC(COc3ccccc3N)(C(=O)O)S[C@H]12. The Morgan fingerprint density at radius 1 is 1.57 bits per heavy atom. The van der Waals surface area contributed by atoms with Crippen LogP contribution in [0.4, 0.5) is 5.69 Å². The number of nitrogens with zero attached hydrogens (tertiary/aromatic N) is 1. The number of aliphatic hydroxyl groups is 1. The second-order valence-electron chi connectivity index (χ2n) is 5.87. The summed E-state index contributed by atoms with van der Waals surface area (Å²) < 4.78 is 4.36. The maximum absolute atomic E-state index is 12.0. The number of ether oxygens (including phenoxy) is 1. The highest BCUT2D eigenvalue weighted by Crippen LogP contribution is 2.50. The highest BCUT2D eigenvalue weighted by molar-refractivity contribution is 8.02. The number of carboxylic acids is 1. The third-order valence-electron chi connectivity index (χ3n) is 4.24. The number of hydrogen-bond acceptors (Lipinski definition) is 6. The standard InChI is InChI=1S/C15H18N2O5S/c1-8(18)11-12(19)17-6-15(14(20)21,23-13(11)17)7-22-10-5-3-2-4-9(10)16/h2-5,8,11,13,18H,6-7,16H2,1H3,(H,20,21)/t8-,11+,13-,15?/m1/s1. The maximum Gasteiger partial charge on any atom is 0.325 e. The number of aliphatic hydroxyl groups excluding tert-OH is 1. The molecule has 1 aromatic carbocycles. The fourth-order valence-corrected chi connectivity index (χ4v) is 4.61. The van der Waals surface area contributed by atoms with E-state index in [2.05, 4.69) is 0 Å². The quantitative estimate of drug-likeness (QED) is 0.525. The van der Waals surface area contributed by atoms with Crippen LogP contribution in [0.3, 0.4) is 0 Å². The minimum absolute atomic E-state index is 0.0620. The van der Waals surface area contributed by atoms with E-state index in [0.29, 0.717) is 11.4 Å². The Labute approximate surface area is 137 Å². The van der Waals surface area contributed by atoms with E-state index in [-0.39, 0.29) is 24.4 Å². The number of hydrogen-bond donors (Lipinski definition) is 3. The van der Waals surface area contributed by atoms with Gasteiger partial charge in [-0.15, -0.1) is 11.8 Å². The zero-order valence-electron chi connectivity index (χ0n) is 12.5. The molecule has 7 nitrogen and oxygen atoms in total. The molecule has 4 N–H and O–H groups in total. The van der Waals surface area contributed by atoms with Crippen molar-refractivity contribution in [1.82, 2.24) is 4.90 Å². The van der Waals surface area contributed by atoms with Crippen LogP contribution in [0.2, 0.25) is 0 Å². The monoisotopic (exact) mass is 338 g/mol. The zero-order chi connectivity index (χ0) is 16.8. The fraction of sp³-hybridized carbons (Fsp3) is 0.467. The number of benzene rings is 1. The van der Waals surface area contributed by atoms with Crippen molar-refractivity contribution >= 4 is 29.3 Å². The molecule has 4 atom stereocenters. The number of nitrogens with two attached hydrogens (primary N) is 1. The zero-order valence-corrected chi connectivity index (χ0v) is 13.3. The van der Waals surface area contributed by atoms with Gasteiger partial charge in [-0.1, -0.05) is 12.1 Å². The first kappa shape index (κ1) is 15.9. The smallest absolute Gasteiger partial charge is 0.325 e. The van der Waals surface area contributed by atoms with Gasteiger partial charge in [0, 0.05) is 0 Å². The van der Waals surface area contributed by atoms with E-state index in [1.165, 1.54) is 4.90 Å². The minimum Gasteiger partial charge on any atom is -0.489 e. The molecule has 2 aliphatic heterocycles. The van der Waals surface area contributed by atoms with E-state index in [1.54, 1.807) is 31.2 Å². The number of carboxylic acid groups (broad SMARTS) is 1. The molecule has 2 heterocycles. The normalized spacial score (nSPS) is 30.5. The summed E-state index contributed by atoms with van der Waals surface area (Å²) in [6.07, 6.45) is -0.800. The summed E-state index contributed by atoms with van der Waals surface area (Å²) in [5.74, 6) is -1.38. The lowest BCUT2D eigenvalue weighted by molar-refractivity contribution is -0.156. The van der Waals surface area contributed by atoms with E-state index in [9.17, 15) is 19.8 Å². The van der Waals surface area contributed by atoms with Crippen LogP contribution in [0.25, 0.3) is 0 Å². The van der Waals surface area contributed by atoms with Gasteiger partial charge in [0.25, 0.3) is 0 Å². The van der Waals surface area contributed by atoms with Crippen LogP contribution in [-0.4, -0.2) is 56.4 Å². The van der Waals surface area contributed by atoms with Crippen LogP contribution in [0, 0.1) is 5.92 Å². The summed E-state index contributed by atoms with van der Waals surface area (Å²) in [5, 5.41) is 19.0. The minimum atomic E-state index is -1.26. The Balaban J connectivity index is 1.77. The average molecular weight is 338 g/mol. The molecular formula is C15H18N2O5S. The molecule has 2 saturated heterocycles. The molecule has 124 valence electrons. The summed E-state index contributed by atoms with van der Waals surface area (Å²) in [6, 6.07) is 6.85. The van der Waals surface area contributed by atoms with Gasteiger partial charge in [-0.2, -0.15) is 0 Å². The predicted octanol–water partition coefficient (Wildman–Crippen LogP) is 0.383. The van der Waals surface area contributed by atoms with Gasteiger partial charge in [0.2, 0.25) is 5.91 Å². The van der Waals surface area contributed by atoms with Crippen LogP contribution in [-0.2, 0) is 9.59 Å². The summed E-state index contributed by atoms with van der Waals surface area (Å²) in [4.78, 5) is 25.3. The highest BCUT2D eigenvalue weighted by Gasteiger charge is 2.63. The van der Waals surface area contributed by atoms with Crippen LogP contribution in [0.1, 0.15) is 6.92 Å². The molecule has 0 spiro atoms. The number of para-hydroxylation sites is 2. The van der Waals surface area contributed by atoms with Gasteiger partial charge in [0.05, 0.1) is 29.6 Å². The van der Waals surface area contributed by atoms with Crippen molar-refractivity contribution in [2.75, 3.05) is 18.9 Å². The number of amides is 1. The number of aliphatic carboxylic acids is 1. The van der Waals surface area contributed by atoms with Gasteiger partial charge in [0.15, 0.2) is 4.75 Å². The van der Waals surface area contributed by atoms with E-state index >= 15 is 0 Å². The average Bonchev–Trinajstić information content (AvgIpc) is 2.82. The lowest BCUT2D eigenvalue weighted by atomic mass is 9.92. The van der Waals surface area contributed by atoms with E-state index in [4.69, 9.17) is 10.5 Å². The van der Waals surface area contributed by atoms with Crippen LogP contribution >= 0.6 is 11.8 Å². The van der Waals surface area contributed by atoms with Crippen molar-refractivity contribution in [2.24, 2.45) is 5.92 Å².